The van der Waals surface area contributed by atoms with E-state index in [1.54, 1.807) is 6.07 Å². The molecule has 0 radical (unpaired) electrons. The summed E-state index contributed by atoms with van der Waals surface area (Å²) in [5.41, 5.74) is 0.709. The Labute approximate surface area is 164 Å². The molecule has 152 valence electrons. The second-order valence-corrected chi connectivity index (χ2v) is 6.97. The second kappa shape index (κ2) is 10.9. The fourth-order valence-electron chi connectivity index (χ4n) is 3.09. The predicted octanol–water partition coefficient (Wildman–Crippen LogP) is 6.79. The van der Waals surface area contributed by atoms with Gasteiger partial charge in [-0.1, -0.05) is 58.1 Å². The first kappa shape index (κ1) is 22.0. The van der Waals surface area contributed by atoms with Crippen molar-refractivity contribution in [2.75, 3.05) is 0 Å². The summed E-state index contributed by atoms with van der Waals surface area (Å²) < 4.78 is 47.6. The molecule has 0 saturated heterocycles. The molecule has 2 nitrogen and oxygen atoms in total. The van der Waals surface area contributed by atoms with Crippen LogP contribution in [0.15, 0.2) is 30.3 Å². The molecule has 2 aromatic carbocycles. The van der Waals surface area contributed by atoms with Crippen LogP contribution in [0, 0.1) is 17.5 Å². The summed E-state index contributed by atoms with van der Waals surface area (Å²) in [7, 11) is 0. The summed E-state index contributed by atoms with van der Waals surface area (Å²) in [6.07, 6.45) is 6.99. The summed E-state index contributed by atoms with van der Waals surface area (Å²) in [6.45, 7) is 4.08. The highest BCUT2D eigenvalue weighted by Crippen LogP contribution is 2.25. The Morgan fingerprint density at radius 3 is 2.29 bits per heavy atom. The van der Waals surface area contributed by atoms with Crippen LogP contribution in [0.4, 0.5) is 13.2 Å². The molecular weight excluding hydrogens is 365 g/mol. The number of rotatable bonds is 10. The number of hydrogen-bond acceptors (Lipinski definition) is 2. The Morgan fingerprint density at radius 2 is 1.61 bits per heavy atom. The van der Waals surface area contributed by atoms with Crippen molar-refractivity contribution in [1.82, 2.24) is 0 Å². The first-order valence-corrected chi connectivity index (χ1v) is 9.95. The van der Waals surface area contributed by atoms with E-state index in [4.69, 9.17) is 4.74 Å². The van der Waals surface area contributed by atoms with Crippen molar-refractivity contribution >= 4 is 5.97 Å². The maximum absolute atomic E-state index is 14.3. The Hall–Kier alpha value is -2.30. The number of carbonyl (C=O) groups is 1. The standard InChI is InChI=1S/C23H27F3O2/c1-3-5-6-7-8-10-17-12-14-20(22(26)21(17)25)28-23(27)18-13-11-16(9-4-2)15-19(18)24/h11-15H,3-10H2,1-2H3. The Balaban J connectivity index is 2.05. The van der Waals surface area contributed by atoms with E-state index in [2.05, 4.69) is 6.92 Å². The van der Waals surface area contributed by atoms with Gasteiger partial charge in [-0.15, -0.1) is 0 Å². The average molecular weight is 392 g/mol. The highest BCUT2D eigenvalue weighted by molar-refractivity contribution is 5.91. The average Bonchev–Trinajstić information content (AvgIpc) is 2.67. The topological polar surface area (TPSA) is 26.3 Å². The zero-order valence-corrected chi connectivity index (χ0v) is 16.5. The molecule has 0 aliphatic rings. The van der Waals surface area contributed by atoms with Crippen molar-refractivity contribution in [3.8, 4) is 5.75 Å². The van der Waals surface area contributed by atoms with Gasteiger partial charge in [0.1, 0.15) is 5.82 Å². The van der Waals surface area contributed by atoms with Gasteiger partial charge >= 0.3 is 5.97 Å². The Bertz CT molecular complexity index is 803. The predicted molar refractivity (Wildman–Crippen MR) is 104 cm³/mol. The van der Waals surface area contributed by atoms with Crippen molar-refractivity contribution in [2.24, 2.45) is 0 Å². The number of carbonyl (C=O) groups excluding carboxylic acids is 1. The van der Waals surface area contributed by atoms with Gasteiger partial charge in [-0.25, -0.2) is 13.6 Å². The molecule has 2 rings (SSSR count). The van der Waals surface area contributed by atoms with Gasteiger partial charge in [-0.2, -0.15) is 4.39 Å². The molecule has 0 aromatic heterocycles. The molecule has 28 heavy (non-hydrogen) atoms. The van der Waals surface area contributed by atoms with E-state index in [9.17, 15) is 18.0 Å². The van der Waals surface area contributed by atoms with E-state index in [0.717, 1.165) is 44.1 Å². The smallest absolute Gasteiger partial charge is 0.346 e. The first-order valence-electron chi connectivity index (χ1n) is 9.95. The third-order valence-corrected chi connectivity index (χ3v) is 4.67. The van der Waals surface area contributed by atoms with Crippen molar-refractivity contribution in [2.45, 2.75) is 65.2 Å². The van der Waals surface area contributed by atoms with Crippen LogP contribution in [0.3, 0.4) is 0 Å². The molecule has 0 saturated carbocycles. The Morgan fingerprint density at radius 1 is 0.857 bits per heavy atom. The van der Waals surface area contributed by atoms with Crippen LogP contribution < -0.4 is 4.74 Å². The van der Waals surface area contributed by atoms with Crippen LogP contribution in [0.25, 0.3) is 0 Å². The molecular formula is C23H27F3O2. The van der Waals surface area contributed by atoms with Crippen LogP contribution >= 0.6 is 0 Å². The number of ether oxygens (including phenoxy) is 1. The third kappa shape index (κ3) is 5.85. The van der Waals surface area contributed by atoms with Gasteiger partial charge < -0.3 is 4.74 Å². The maximum Gasteiger partial charge on any atom is 0.346 e. The quantitative estimate of drug-likeness (QED) is 0.253. The number of benzene rings is 2. The summed E-state index contributed by atoms with van der Waals surface area (Å²) in [4.78, 5) is 12.2. The van der Waals surface area contributed by atoms with Gasteiger partial charge in [-0.3, -0.25) is 0 Å². The van der Waals surface area contributed by atoms with Crippen LogP contribution in [-0.2, 0) is 12.8 Å². The molecule has 5 heteroatoms. The molecule has 0 bridgehead atoms. The zero-order chi connectivity index (χ0) is 20.5. The SMILES string of the molecule is CCCCCCCc1ccc(OC(=O)c2ccc(CCC)cc2F)c(F)c1F. The molecule has 2 aromatic rings. The molecule has 0 amide bonds. The number of aryl methyl sites for hydroxylation is 2. The second-order valence-electron chi connectivity index (χ2n) is 6.97. The van der Waals surface area contributed by atoms with E-state index in [0.29, 0.717) is 12.8 Å². The molecule has 0 N–H and O–H groups in total. The van der Waals surface area contributed by atoms with Crippen molar-refractivity contribution in [1.29, 1.82) is 0 Å². The van der Waals surface area contributed by atoms with E-state index in [1.807, 2.05) is 6.92 Å². The van der Waals surface area contributed by atoms with Crippen molar-refractivity contribution in [3.63, 3.8) is 0 Å². The van der Waals surface area contributed by atoms with Gasteiger partial charge in [0, 0.05) is 0 Å². The number of esters is 1. The van der Waals surface area contributed by atoms with Crippen LogP contribution in [0.1, 0.15) is 73.9 Å². The van der Waals surface area contributed by atoms with Crippen LogP contribution in [0.2, 0.25) is 0 Å². The first-order chi connectivity index (χ1) is 13.5. The minimum Gasteiger partial charge on any atom is -0.420 e. The lowest BCUT2D eigenvalue weighted by atomic mass is 10.0. The summed E-state index contributed by atoms with van der Waals surface area (Å²) in [5.74, 6) is -4.55. The normalized spacial score (nSPS) is 10.9. The van der Waals surface area contributed by atoms with Gasteiger partial charge in [-0.05, 0) is 48.6 Å². The molecule has 0 fully saturated rings. The summed E-state index contributed by atoms with van der Waals surface area (Å²) in [6, 6.07) is 6.84. The van der Waals surface area contributed by atoms with Crippen molar-refractivity contribution < 1.29 is 22.7 Å². The molecule has 0 unspecified atom stereocenters. The minimum atomic E-state index is -1.22. The maximum atomic E-state index is 14.3. The third-order valence-electron chi connectivity index (χ3n) is 4.67. The summed E-state index contributed by atoms with van der Waals surface area (Å²) in [5, 5.41) is 0. The lowest BCUT2D eigenvalue weighted by Gasteiger charge is -2.10. The molecule has 0 spiro atoms. The van der Waals surface area contributed by atoms with E-state index < -0.39 is 29.2 Å². The van der Waals surface area contributed by atoms with Gasteiger partial charge in [0.2, 0.25) is 5.82 Å². The lowest BCUT2D eigenvalue weighted by molar-refractivity contribution is 0.0721. The highest BCUT2D eigenvalue weighted by Gasteiger charge is 2.20. The van der Waals surface area contributed by atoms with Gasteiger partial charge in [0.25, 0.3) is 0 Å². The number of unbranched alkanes of at least 4 members (excludes halogenated alkanes) is 4. The Kier molecular flexibility index (Phi) is 8.55. The van der Waals surface area contributed by atoms with E-state index in [-0.39, 0.29) is 11.1 Å². The molecule has 0 aliphatic heterocycles. The number of halogens is 3. The number of hydrogen-bond donors (Lipinski definition) is 0. The van der Waals surface area contributed by atoms with Gasteiger partial charge in [0.05, 0.1) is 5.56 Å². The highest BCUT2D eigenvalue weighted by atomic mass is 19.2. The minimum absolute atomic E-state index is 0.254. The largest absolute Gasteiger partial charge is 0.420 e. The van der Waals surface area contributed by atoms with Gasteiger partial charge in [0.15, 0.2) is 11.6 Å². The van der Waals surface area contributed by atoms with Crippen molar-refractivity contribution in [3.05, 3.63) is 64.5 Å². The molecule has 0 atom stereocenters. The fourth-order valence-corrected chi connectivity index (χ4v) is 3.09. The molecule has 0 heterocycles. The molecule has 0 aliphatic carbocycles. The zero-order valence-electron chi connectivity index (χ0n) is 16.5. The van der Waals surface area contributed by atoms with Crippen LogP contribution in [0.5, 0.6) is 5.75 Å². The van der Waals surface area contributed by atoms with Crippen LogP contribution in [-0.4, -0.2) is 5.97 Å². The monoisotopic (exact) mass is 392 g/mol. The van der Waals surface area contributed by atoms with E-state index >= 15 is 0 Å². The lowest BCUT2D eigenvalue weighted by Crippen LogP contribution is -2.13. The fraction of sp³-hybridized carbons (Fsp3) is 0.435. The van der Waals surface area contributed by atoms with E-state index in [1.165, 1.54) is 24.3 Å². The summed E-state index contributed by atoms with van der Waals surface area (Å²) >= 11 is 0.